The van der Waals surface area contributed by atoms with E-state index in [0.29, 0.717) is 6.42 Å². The maximum Gasteiger partial charge on any atom is 0.472 e. The number of ether oxygens (including phenoxy) is 1. The summed E-state index contributed by atoms with van der Waals surface area (Å²) in [7, 11) is -4.25. The molecule has 280 valence electrons. The lowest BCUT2D eigenvalue weighted by Gasteiger charge is -2.15. The normalized spacial score (nSPS) is 14.2. The molecule has 0 aliphatic heterocycles. The van der Waals surface area contributed by atoms with Crippen molar-refractivity contribution in [2.24, 2.45) is 5.73 Å². The number of carbonyl (C=O) groups excluding carboxylic acids is 1. The second-order valence-corrected chi connectivity index (χ2v) is 14.1. The van der Waals surface area contributed by atoms with Crippen molar-refractivity contribution in [1.29, 1.82) is 0 Å². The second kappa shape index (κ2) is 36.7. The summed E-state index contributed by atoms with van der Waals surface area (Å²) in [5, 5.41) is 9.76. The van der Waals surface area contributed by atoms with Gasteiger partial charge in [0.2, 0.25) is 0 Å². The highest BCUT2D eigenvalue weighted by Crippen LogP contribution is 2.42. The highest BCUT2D eigenvalue weighted by atomic mass is 31.2. The van der Waals surface area contributed by atoms with Gasteiger partial charge in [-0.3, -0.25) is 13.8 Å². The van der Waals surface area contributed by atoms with Crippen LogP contribution in [0.2, 0.25) is 0 Å². The zero-order chi connectivity index (χ0) is 35.2. The maximum absolute atomic E-state index is 11.8. The molecule has 2 atom stereocenters. The summed E-state index contributed by atoms with van der Waals surface area (Å²) in [5.41, 5.74) is 5.20. The quantitative estimate of drug-likeness (QED) is 0.0255. The van der Waals surface area contributed by atoms with Crippen molar-refractivity contribution >= 4 is 13.8 Å². The molecule has 0 saturated heterocycles. The molecule has 9 heteroatoms. The number of allylic oxidation sites excluding steroid dienone is 8. The average Bonchev–Trinajstić information content (AvgIpc) is 3.08. The molecule has 0 aliphatic carbocycles. The Labute approximate surface area is 294 Å². The minimum Gasteiger partial charge on any atom is -0.463 e. The third-order valence-electron chi connectivity index (χ3n) is 7.96. The summed E-state index contributed by atoms with van der Waals surface area (Å²) < 4.78 is 25.7. The Morgan fingerprint density at radius 2 is 1.04 bits per heavy atom. The first kappa shape index (κ1) is 46.5. The number of hydrogen-bond acceptors (Lipinski definition) is 7. The van der Waals surface area contributed by atoms with Crippen LogP contribution >= 0.6 is 7.82 Å². The number of nitrogens with two attached hydrogens (primary N) is 1. The molecular weight excluding hydrogens is 625 g/mol. The van der Waals surface area contributed by atoms with E-state index in [4.69, 9.17) is 10.5 Å². The van der Waals surface area contributed by atoms with Gasteiger partial charge >= 0.3 is 13.8 Å². The lowest BCUT2D eigenvalue weighted by molar-refractivity contribution is -0.147. The first-order valence-electron chi connectivity index (χ1n) is 19.2. The maximum atomic E-state index is 11.8. The van der Waals surface area contributed by atoms with Gasteiger partial charge in [0, 0.05) is 13.0 Å². The lowest BCUT2D eigenvalue weighted by Crippen LogP contribution is -2.23. The van der Waals surface area contributed by atoms with Crippen LogP contribution in [0, 0.1) is 0 Å². The van der Waals surface area contributed by atoms with E-state index in [0.717, 1.165) is 44.9 Å². The number of unbranched alkanes of at least 4 members (excludes halogenated alkanes) is 18. The Morgan fingerprint density at radius 1 is 0.625 bits per heavy atom. The van der Waals surface area contributed by atoms with Gasteiger partial charge in [-0.25, -0.2) is 4.57 Å². The van der Waals surface area contributed by atoms with Crippen molar-refractivity contribution in [2.45, 2.75) is 167 Å². The largest absolute Gasteiger partial charge is 0.472 e. The molecule has 0 fully saturated rings. The molecule has 0 aromatic rings. The molecule has 0 aromatic carbocycles. The van der Waals surface area contributed by atoms with Gasteiger partial charge in [0.05, 0.1) is 13.2 Å². The fourth-order valence-corrected chi connectivity index (χ4v) is 5.92. The van der Waals surface area contributed by atoms with Crippen LogP contribution in [0.25, 0.3) is 0 Å². The van der Waals surface area contributed by atoms with Crippen LogP contribution < -0.4 is 5.73 Å². The molecule has 0 saturated carbocycles. The summed E-state index contributed by atoms with van der Waals surface area (Å²) in [6.45, 7) is 1.35. The van der Waals surface area contributed by atoms with Crippen LogP contribution in [0.3, 0.4) is 0 Å². The summed E-state index contributed by atoms with van der Waals surface area (Å²) in [6.07, 6.45) is 45.7. The number of phosphoric acid groups is 1. The number of aliphatic hydroxyl groups excluding tert-OH is 1. The zero-order valence-corrected chi connectivity index (χ0v) is 31.3. The fraction of sp³-hybridized carbons (Fsp3) is 0.769. The van der Waals surface area contributed by atoms with Gasteiger partial charge in [0.25, 0.3) is 0 Å². The Morgan fingerprint density at radius 3 is 1.50 bits per heavy atom. The van der Waals surface area contributed by atoms with Crippen molar-refractivity contribution in [1.82, 2.24) is 0 Å². The van der Waals surface area contributed by atoms with E-state index in [1.807, 2.05) is 0 Å². The molecular formula is C39H72NO7P. The Balaban J connectivity index is 3.33. The standard InChI is InChI=1S/C39H72NO7P/c1-2-3-4-5-6-7-8-9-10-11-12-13-14-15-16-17-18-19-20-21-22-23-24-25-26-27-28-29-30-31-32-33-39(42)45-36-38(41)37-47-48(43,44)46-35-34-40/h3-4,6-7,9-10,12-13,38,41H,2,5,8,11,14-37,40H2,1H3,(H,43,44)/b4-3-,7-6-,10-9-,13-12-. The van der Waals surface area contributed by atoms with E-state index in [2.05, 4.69) is 64.6 Å². The third kappa shape index (κ3) is 37.3. The van der Waals surface area contributed by atoms with Crippen LogP contribution in [0.1, 0.15) is 161 Å². The van der Waals surface area contributed by atoms with Gasteiger partial charge in [-0.1, -0.05) is 158 Å². The highest BCUT2D eigenvalue weighted by molar-refractivity contribution is 7.47. The fourth-order valence-electron chi connectivity index (χ4n) is 5.15. The van der Waals surface area contributed by atoms with E-state index in [9.17, 15) is 19.4 Å². The van der Waals surface area contributed by atoms with E-state index in [1.165, 1.54) is 103 Å². The third-order valence-corrected chi connectivity index (χ3v) is 8.94. The minimum absolute atomic E-state index is 0.0740. The zero-order valence-electron chi connectivity index (χ0n) is 30.5. The van der Waals surface area contributed by atoms with Crippen LogP contribution in [0.5, 0.6) is 0 Å². The van der Waals surface area contributed by atoms with Crippen LogP contribution in [0.4, 0.5) is 0 Å². The van der Waals surface area contributed by atoms with Crippen molar-refractivity contribution < 1.29 is 33.1 Å². The molecule has 0 amide bonds. The Hall–Kier alpha value is -1.54. The monoisotopic (exact) mass is 698 g/mol. The topological polar surface area (TPSA) is 128 Å². The number of rotatable bonds is 36. The van der Waals surface area contributed by atoms with Crippen LogP contribution in [-0.2, 0) is 23.1 Å². The molecule has 8 nitrogen and oxygen atoms in total. The highest BCUT2D eigenvalue weighted by Gasteiger charge is 2.22. The second-order valence-electron chi connectivity index (χ2n) is 12.6. The van der Waals surface area contributed by atoms with Crippen molar-refractivity contribution in [2.75, 3.05) is 26.4 Å². The number of aliphatic hydroxyl groups is 1. The first-order valence-corrected chi connectivity index (χ1v) is 20.7. The Kier molecular flexibility index (Phi) is 35.6. The number of phosphoric ester groups is 1. The SMILES string of the molecule is CC/C=C\C/C=C\C/C=C\C/C=C\CCCCCCCCCCCCCCCCCCCCC(=O)OCC(O)COP(=O)(O)OCCN. The molecule has 0 aromatic heterocycles. The number of esters is 1. The summed E-state index contributed by atoms with van der Waals surface area (Å²) in [4.78, 5) is 21.2. The molecule has 2 unspecified atom stereocenters. The molecule has 0 heterocycles. The van der Waals surface area contributed by atoms with Gasteiger partial charge in [-0.15, -0.1) is 0 Å². The first-order chi connectivity index (χ1) is 23.4. The van der Waals surface area contributed by atoms with Crippen LogP contribution in [-0.4, -0.2) is 48.4 Å². The van der Waals surface area contributed by atoms with E-state index in [-0.39, 0.29) is 25.7 Å². The van der Waals surface area contributed by atoms with Gasteiger partial charge in [0.15, 0.2) is 0 Å². The molecule has 0 radical (unpaired) electrons. The summed E-state index contributed by atoms with van der Waals surface area (Å²) in [5.74, 6) is -0.384. The van der Waals surface area contributed by atoms with Gasteiger partial charge in [0.1, 0.15) is 12.7 Å². The average molecular weight is 698 g/mol. The molecule has 48 heavy (non-hydrogen) atoms. The Bertz CT molecular complexity index is 874. The molecule has 0 rings (SSSR count). The van der Waals surface area contributed by atoms with Gasteiger partial charge in [-0.2, -0.15) is 0 Å². The molecule has 0 bridgehead atoms. The van der Waals surface area contributed by atoms with E-state index >= 15 is 0 Å². The predicted octanol–water partition coefficient (Wildman–Crippen LogP) is 10.6. The summed E-state index contributed by atoms with van der Waals surface area (Å²) >= 11 is 0. The van der Waals surface area contributed by atoms with Crippen molar-refractivity contribution in [3.8, 4) is 0 Å². The smallest absolute Gasteiger partial charge is 0.463 e. The van der Waals surface area contributed by atoms with E-state index < -0.39 is 20.5 Å². The van der Waals surface area contributed by atoms with Crippen molar-refractivity contribution in [3.63, 3.8) is 0 Å². The molecule has 4 N–H and O–H groups in total. The van der Waals surface area contributed by atoms with Crippen molar-refractivity contribution in [3.05, 3.63) is 48.6 Å². The molecule has 0 aliphatic rings. The number of carbonyl (C=O) groups is 1. The van der Waals surface area contributed by atoms with Gasteiger partial charge in [-0.05, 0) is 44.9 Å². The minimum atomic E-state index is -4.25. The van der Waals surface area contributed by atoms with Gasteiger partial charge < -0.3 is 20.5 Å². The number of hydrogen-bond donors (Lipinski definition) is 3. The van der Waals surface area contributed by atoms with E-state index in [1.54, 1.807) is 0 Å². The predicted molar refractivity (Wildman–Crippen MR) is 201 cm³/mol. The summed E-state index contributed by atoms with van der Waals surface area (Å²) in [6, 6.07) is 0. The van der Waals surface area contributed by atoms with Crippen LogP contribution in [0.15, 0.2) is 48.6 Å². The molecule has 0 spiro atoms. The lowest BCUT2D eigenvalue weighted by atomic mass is 10.0.